The van der Waals surface area contributed by atoms with E-state index >= 15 is 0 Å². The molecular formula is C25H30N2O4. The van der Waals surface area contributed by atoms with Crippen LogP contribution in [0, 0.1) is 0 Å². The topological polar surface area (TPSA) is 76.7 Å². The molecule has 1 aliphatic rings. The minimum Gasteiger partial charge on any atom is -0.459 e. The number of carbonyl (C=O) groups is 2. The maximum absolute atomic E-state index is 12.6. The number of ether oxygens (including phenoxy) is 2. The molecule has 0 radical (unpaired) electrons. The molecule has 2 aromatic rings. The largest absolute Gasteiger partial charge is 0.459 e. The lowest BCUT2D eigenvalue weighted by atomic mass is 9.87. The lowest BCUT2D eigenvalue weighted by Crippen LogP contribution is -2.45. The Kier molecular flexibility index (Phi) is 6.39. The third-order valence-electron chi connectivity index (χ3n) is 5.00. The molecule has 6 heteroatoms. The molecule has 2 amide bonds. The minimum atomic E-state index is -0.597. The Morgan fingerprint density at radius 3 is 2.03 bits per heavy atom. The molecule has 31 heavy (non-hydrogen) atoms. The lowest BCUT2D eigenvalue weighted by Gasteiger charge is -2.28. The molecule has 164 valence electrons. The van der Waals surface area contributed by atoms with Gasteiger partial charge in [0.25, 0.3) is 0 Å². The fourth-order valence-corrected chi connectivity index (χ4v) is 3.38. The summed E-state index contributed by atoms with van der Waals surface area (Å²) < 4.78 is 11.3. The van der Waals surface area contributed by atoms with Crippen molar-refractivity contribution in [3.05, 3.63) is 70.9 Å². The number of rotatable bonds is 5. The molecular weight excluding hydrogens is 392 g/mol. The zero-order valence-electron chi connectivity index (χ0n) is 18.9. The van der Waals surface area contributed by atoms with Crippen LogP contribution in [0.4, 0.5) is 4.79 Å². The monoisotopic (exact) mass is 422 g/mol. The minimum absolute atomic E-state index is 0.0829. The molecule has 0 fully saturated rings. The predicted octanol–water partition coefficient (Wildman–Crippen LogP) is 5.36. The lowest BCUT2D eigenvalue weighted by molar-refractivity contribution is -0.143. The van der Waals surface area contributed by atoms with Gasteiger partial charge in [-0.15, -0.1) is 0 Å². The summed E-state index contributed by atoms with van der Waals surface area (Å²) >= 11 is 0. The van der Waals surface area contributed by atoms with Crippen molar-refractivity contribution in [1.29, 1.82) is 0 Å². The summed E-state index contributed by atoms with van der Waals surface area (Å²) in [5.41, 5.74) is 2.96. The number of amides is 2. The van der Waals surface area contributed by atoms with E-state index in [4.69, 9.17) is 9.47 Å². The maximum atomic E-state index is 12.6. The summed E-state index contributed by atoms with van der Waals surface area (Å²) in [4.78, 5) is 24.6. The summed E-state index contributed by atoms with van der Waals surface area (Å²) in [5.74, 6) is 0.955. The molecule has 0 saturated carbocycles. The van der Waals surface area contributed by atoms with Crippen LogP contribution in [0.25, 0.3) is 0 Å². The van der Waals surface area contributed by atoms with Gasteiger partial charge in [-0.05, 0) is 61.6 Å². The van der Waals surface area contributed by atoms with Crippen LogP contribution in [0.15, 0.2) is 59.8 Å². The first-order chi connectivity index (χ1) is 14.5. The molecule has 1 atom stereocenters. The average Bonchev–Trinajstić information content (AvgIpc) is 2.67. The molecule has 2 aromatic carbocycles. The van der Waals surface area contributed by atoms with Crippen LogP contribution in [0.2, 0.25) is 0 Å². The predicted molar refractivity (Wildman–Crippen MR) is 120 cm³/mol. The van der Waals surface area contributed by atoms with Gasteiger partial charge in [-0.1, -0.05) is 45.0 Å². The summed E-state index contributed by atoms with van der Waals surface area (Å²) in [5, 5.41) is 5.45. The molecule has 6 nitrogen and oxygen atoms in total. The van der Waals surface area contributed by atoms with Crippen molar-refractivity contribution >= 4 is 12.0 Å². The molecule has 0 aromatic heterocycles. The van der Waals surface area contributed by atoms with Crippen molar-refractivity contribution in [3.63, 3.8) is 0 Å². The summed E-state index contributed by atoms with van der Waals surface area (Å²) in [6.07, 6.45) is -0.258. The van der Waals surface area contributed by atoms with E-state index in [9.17, 15) is 9.59 Å². The molecule has 2 N–H and O–H groups in total. The number of esters is 1. The Hall–Kier alpha value is -3.28. The van der Waals surface area contributed by atoms with Crippen LogP contribution in [0.3, 0.4) is 0 Å². The van der Waals surface area contributed by atoms with E-state index in [1.807, 2.05) is 36.4 Å². The number of hydrogen-bond donors (Lipinski definition) is 2. The van der Waals surface area contributed by atoms with Gasteiger partial charge < -0.3 is 20.1 Å². The third-order valence-corrected chi connectivity index (χ3v) is 5.00. The van der Waals surface area contributed by atoms with E-state index in [0.29, 0.717) is 17.0 Å². The van der Waals surface area contributed by atoms with E-state index in [-0.39, 0.29) is 17.6 Å². The van der Waals surface area contributed by atoms with Gasteiger partial charge in [-0.3, -0.25) is 0 Å². The third kappa shape index (κ3) is 5.45. The molecule has 0 bridgehead atoms. The van der Waals surface area contributed by atoms with Crippen LogP contribution < -0.4 is 15.4 Å². The van der Waals surface area contributed by atoms with Crippen molar-refractivity contribution in [2.45, 2.75) is 59.1 Å². The number of carbonyl (C=O) groups excluding carboxylic acids is 2. The fraction of sp³-hybridized carbons (Fsp3) is 0.360. The molecule has 0 aliphatic carbocycles. The average molecular weight is 423 g/mol. The first-order valence-electron chi connectivity index (χ1n) is 10.4. The van der Waals surface area contributed by atoms with E-state index < -0.39 is 12.0 Å². The molecule has 3 rings (SSSR count). The highest BCUT2D eigenvalue weighted by Crippen LogP contribution is 2.31. The Labute approximate surface area is 183 Å². The number of urea groups is 1. The quantitative estimate of drug-likeness (QED) is 0.636. The van der Waals surface area contributed by atoms with E-state index in [1.54, 1.807) is 20.8 Å². The molecule has 0 saturated heterocycles. The Balaban J connectivity index is 1.80. The Morgan fingerprint density at radius 1 is 0.968 bits per heavy atom. The normalized spacial score (nSPS) is 16.6. The smallest absolute Gasteiger partial charge is 0.338 e. The van der Waals surface area contributed by atoms with Gasteiger partial charge in [0, 0.05) is 5.70 Å². The van der Waals surface area contributed by atoms with Crippen molar-refractivity contribution < 1.29 is 19.1 Å². The van der Waals surface area contributed by atoms with Crippen LogP contribution in [0.1, 0.15) is 58.7 Å². The second-order valence-electron chi connectivity index (χ2n) is 8.97. The van der Waals surface area contributed by atoms with Crippen molar-refractivity contribution in [1.82, 2.24) is 10.6 Å². The highest BCUT2D eigenvalue weighted by atomic mass is 16.5. The van der Waals surface area contributed by atoms with Gasteiger partial charge in [0.15, 0.2) is 0 Å². The maximum Gasteiger partial charge on any atom is 0.338 e. The number of nitrogens with one attached hydrogen (secondary N) is 2. The fourth-order valence-electron chi connectivity index (χ4n) is 3.38. The van der Waals surface area contributed by atoms with Crippen LogP contribution in [-0.2, 0) is 14.9 Å². The molecule has 0 spiro atoms. The number of allylic oxidation sites excluding steroid dienone is 1. The summed E-state index contributed by atoms with van der Waals surface area (Å²) in [6.45, 7) is 11.8. The van der Waals surface area contributed by atoms with Gasteiger partial charge in [0.05, 0.1) is 17.7 Å². The van der Waals surface area contributed by atoms with Crippen LogP contribution in [-0.4, -0.2) is 18.1 Å². The van der Waals surface area contributed by atoms with Crippen LogP contribution >= 0.6 is 0 Å². The second kappa shape index (κ2) is 8.84. The van der Waals surface area contributed by atoms with E-state index in [0.717, 1.165) is 11.3 Å². The zero-order chi connectivity index (χ0) is 22.8. The number of benzene rings is 2. The van der Waals surface area contributed by atoms with Gasteiger partial charge in [0.2, 0.25) is 0 Å². The highest BCUT2D eigenvalue weighted by Gasteiger charge is 2.32. The van der Waals surface area contributed by atoms with E-state index in [2.05, 4.69) is 43.5 Å². The van der Waals surface area contributed by atoms with Gasteiger partial charge in [-0.2, -0.15) is 0 Å². The van der Waals surface area contributed by atoms with Crippen molar-refractivity contribution in [2.75, 3.05) is 0 Å². The second-order valence-corrected chi connectivity index (χ2v) is 8.97. The first-order valence-corrected chi connectivity index (χ1v) is 10.4. The van der Waals surface area contributed by atoms with E-state index in [1.165, 1.54) is 5.56 Å². The highest BCUT2D eigenvalue weighted by molar-refractivity contribution is 5.95. The SMILES string of the molecule is CC1=C(C(=O)OC(C)C)C(c2ccc(Oc3ccc(C(C)(C)C)cc3)cc2)NC(=O)N1. The Morgan fingerprint density at radius 2 is 1.52 bits per heavy atom. The van der Waals surface area contributed by atoms with Gasteiger partial charge in [-0.25, -0.2) is 9.59 Å². The summed E-state index contributed by atoms with van der Waals surface area (Å²) in [7, 11) is 0. The molecule has 1 heterocycles. The van der Waals surface area contributed by atoms with Gasteiger partial charge >= 0.3 is 12.0 Å². The van der Waals surface area contributed by atoms with Gasteiger partial charge in [0.1, 0.15) is 11.5 Å². The number of hydrogen-bond acceptors (Lipinski definition) is 4. The Bertz CT molecular complexity index is 984. The van der Waals surface area contributed by atoms with Crippen molar-refractivity contribution in [3.8, 4) is 11.5 Å². The standard InChI is InChI=1S/C25H30N2O4/c1-15(2)30-23(28)21-16(3)26-24(29)27-22(21)17-7-11-19(12-8-17)31-20-13-9-18(10-14-20)25(4,5)6/h7-15,22H,1-6H3,(H2,26,27,29). The van der Waals surface area contributed by atoms with Crippen molar-refractivity contribution in [2.24, 2.45) is 0 Å². The zero-order valence-corrected chi connectivity index (χ0v) is 18.9. The van der Waals surface area contributed by atoms with Crippen LogP contribution in [0.5, 0.6) is 11.5 Å². The molecule has 1 aliphatic heterocycles. The first kappa shape index (κ1) is 22.4. The summed E-state index contributed by atoms with van der Waals surface area (Å²) in [6, 6.07) is 14.4. The molecule has 1 unspecified atom stereocenters.